The molecule has 0 saturated heterocycles. The van der Waals surface area contributed by atoms with Gasteiger partial charge >= 0.3 is 5.69 Å². The minimum atomic E-state index is -1.77. The van der Waals surface area contributed by atoms with Crippen molar-refractivity contribution in [2.24, 2.45) is 0 Å². The second kappa shape index (κ2) is 4.39. The fourth-order valence-electron chi connectivity index (χ4n) is 1.58. The number of hydrogen-bond donors (Lipinski definition) is 3. The van der Waals surface area contributed by atoms with Gasteiger partial charge in [-0.05, 0) is 6.07 Å². The fraction of sp³-hybridized carbons (Fsp3) is 0.400. The van der Waals surface area contributed by atoms with Gasteiger partial charge in [-0.2, -0.15) is 4.98 Å². The van der Waals surface area contributed by atoms with Crippen molar-refractivity contribution in [2.45, 2.75) is 11.7 Å². The van der Waals surface area contributed by atoms with Gasteiger partial charge in [-0.25, -0.2) is 13.8 Å². The highest BCUT2D eigenvalue weighted by molar-refractivity contribution is 5.44. The average Bonchev–Trinajstić information content (AvgIpc) is 2.67. The van der Waals surface area contributed by atoms with Gasteiger partial charge in [-0.3, -0.25) is 0 Å². The van der Waals surface area contributed by atoms with Gasteiger partial charge in [-0.15, -0.1) is 0 Å². The Labute approximate surface area is 101 Å². The maximum absolute atomic E-state index is 12.9. The normalized spacial score (nSPS) is 26.8. The lowest BCUT2D eigenvalue weighted by Gasteiger charge is -2.27. The number of hydrogen-bond acceptors (Lipinski definition) is 6. The lowest BCUT2D eigenvalue weighted by Crippen LogP contribution is -2.46. The van der Waals surface area contributed by atoms with E-state index in [0.717, 1.165) is 10.6 Å². The van der Waals surface area contributed by atoms with E-state index in [1.807, 2.05) is 0 Å². The Bertz CT molecular complexity index is 538. The number of nitrogens with two attached hydrogens (primary N) is 1. The summed E-state index contributed by atoms with van der Waals surface area (Å²) in [5, 5.41) is 18.7. The van der Waals surface area contributed by atoms with Gasteiger partial charge < -0.3 is 20.7 Å². The van der Waals surface area contributed by atoms with Crippen molar-refractivity contribution < 1.29 is 19.3 Å². The second-order valence-corrected chi connectivity index (χ2v) is 3.91. The zero-order valence-corrected chi connectivity index (χ0v) is 9.28. The molecule has 7 nitrogen and oxygen atoms in total. The van der Waals surface area contributed by atoms with Gasteiger partial charge in [0.25, 0.3) is 0 Å². The first kappa shape index (κ1) is 12.5. The summed E-state index contributed by atoms with van der Waals surface area (Å²) in [7, 11) is 0. The van der Waals surface area contributed by atoms with Gasteiger partial charge in [0.15, 0.2) is 5.60 Å². The summed E-state index contributed by atoms with van der Waals surface area (Å²) < 4.78 is 19.0. The number of ether oxygens (including phenoxy) is 1. The van der Waals surface area contributed by atoms with Crippen LogP contribution in [0.3, 0.4) is 0 Å². The van der Waals surface area contributed by atoms with Crippen LogP contribution in [0.2, 0.25) is 0 Å². The van der Waals surface area contributed by atoms with E-state index in [-0.39, 0.29) is 11.7 Å². The summed E-state index contributed by atoms with van der Waals surface area (Å²) in [6, 6.07) is 1.35. The van der Waals surface area contributed by atoms with E-state index >= 15 is 0 Å². The van der Waals surface area contributed by atoms with Crippen LogP contribution in [-0.4, -0.2) is 44.8 Å². The summed E-state index contributed by atoms with van der Waals surface area (Å²) in [5.74, 6) is -0.0546. The number of aromatic nitrogens is 2. The molecule has 2 heterocycles. The number of nitrogen functional groups attached to an aromatic ring is 1. The topological polar surface area (TPSA) is 111 Å². The van der Waals surface area contributed by atoms with Crippen LogP contribution in [0.1, 0.15) is 0 Å². The van der Waals surface area contributed by atoms with Crippen LogP contribution < -0.4 is 11.4 Å². The third-order valence-electron chi connectivity index (χ3n) is 2.70. The van der Waals surface area contributed by atoms with E-state index in [0.29, 0.717) is 0 Å². The van der Waals surface area contributed by atoms with Crippen molar-refractivity contribution in [3.05, 3.63) is 28.8 Å². The molecule has 1 aromatic rings. The van der Waals surface area contributed by atoms with Gasteiger partial charge in [0, 0.05) is 12.3 Å². The molecule has 2 atom stereocenters. The predicted molar refractivity (Wildman–Crippen MR) is 60.1 cm³/mol. The highest BCUT2D eigenvalue weighted by Crippen LogP contribution is 2.30. The summed E-state index contributed by atoms with van der Waals surface area (Å²) >= 11 is 0. The molecule has 1 aliphatic heterocycles. The third-order valence-corrected chi connectivity index (χ3v) is 2.70. The predicted octanol–water partition coefficient (Wildman–Crippen LogP) is -1.28. The van der Waals surface area contributed by atoms with Crippen LogP contribution in [0.4, 0.5) is 10.2 Å². The molecular formula is C10H12FN3O4. The molecule has 0 fully saturated rings. The van der Waals surface area contributed by atoms with Crippen molar-refractivity contribution in [3.63, 3.8) is 0 Å². The number of alkyl halides is 1. The van der Waals surface area contributed by atoms with Crippen LogP contribution in [0.15, 0.2) is 23.1 Å². The highest BCUT2D eigenvalue weighted by Gasteiger charge is 2.45. The van der Waals surface area contributed by atoms with E-state index in [1.165, 1.54) is 12.3 Å². The molecule has 1 aromatic heterocycles. The van der Waals surface area contributed by atoms with Crippen molar-refractivity contribution in [3.8, 4) is 0 Å². The average molecular weight is 257 g/mol. The summed E-state index contributed by atoms with van der Waals surface area (Å²) in [4.78, 5) is 15.0. The van der Waals surface area contributed by atoms with E-state index in [4.69, 9.17) is 15.6 Å². The Hall–Kier alpha value is -1.93. The molecule has 98 valence electrons. The molecule has 2 rings (SSSR count). The van der Waals surface area contributed by atoms with Crippen LogP contribution >= 0.6 is 0 Å². The molecule has 1 aliphatic rings. The first-order valence-corrected chi connectivity index (χ1v) is 5.14. The summed E-state index contributed by atoms with van der Waals surface area (Å²) in [6.45, 7) is -1.82. The lowest BCUT2D eigenvalue weighted by molar-refractivity contribution is -0.0823. The van der Waals surface area contributed by atoms with E-state index in [2.05, 4.69) is 4.98 Å². The Balaban J connectivity index is 2.37. The second-order valence-electron chi connectivity index (χ2n) is 3.91. The first-order chi connectivity index (χ1) is 8.52. The molecule has 0 aliphatic carbocycles. The minimum Gasteiger partial charge on any atom is -0.464 e. The maximum atomic E-state index is 12.9. The molecule has 18 heavy (non-hydrogen) atoms. The molecule has 0 saturated carbocycles. The molecule has 0 bridgehead atoms. The van der Waals surface area contributed by atoms with Gasteiger partial charge in [-0.1, -0.05) is 0 Å². The number of nitrogens with zero attached hydrogens (tertiary/aromatic N) is 2. The molecule has 0 amide bonds. The zero-order valence-electron chi connectivity index (χ0n) is 9.28. The van der Waals surface area contributed by atoms with Crippen molar-refractivity contribution in [1.29, 1.82) is 0 Å². The Morgan fingerprint density at radius 1 is 1.67 bits per heavy atom. The summed E-state index contributed by atoms with van der Waals surface area (Å²) in [5.41, 5.74) is 2.84. The molecule has 8 heteroatoms. The SMILES string of the molecule is Nc1ccn(C2=C[C@H](O)[C@](CO)(CF)O2)c(=O)n1. The molecule has 0 aromatic carbocycles. The summed E-state index contributed by atoms with van der Waals surface area (Å²) in [6.07, 6.45) is 1.07. The van der Waals surface area contributed by atoms with Crippen molar-refractivity contribution in [1.82, 2.24) is 9.55 Å². The van der Waals surface area contributed by atoms with Crippen LogP contribution in [0, 0.1) is 0 Å². The first-order valence-electron chi connectivity index (χ1n) is 5.14. The lowest BCUT2D eigenvalue weighted by atomic mass is 10.0. The van der Waals surface area contributed by atoms with E-state index < -0.39 is 30.7 Å². The molecule has 0 radical (unpaired) electrons. The van der Waals surface area contributed by atoms with Crippen LogP contribution in [0.5, 0.6) is 0 Å². The van der Waals surface area contributed by atoms with Gasteiger partial charge in [0.05, 0.1) is 6.61 Å². The number of halogens is 1. The molecule has 0 spiro atoms. The smallest absolute Gasteiger partial charge is 0.356 e. The molecular weight excluding hydrogens is 245 g/mol. The number of rotatable bonds is 3. The largest absolute Gasteiger partial charge is 0.464 e. The Morgan fingerprint density at radius 3 is 2.89 bits per heavy atom. The van der Waals surface area contributed by atoms with E-state index in [1.54, 1.807) is 0 Å². The maximum Gasteiger partial charge on any atom is 0.356 e. The third kappa shape index (κ3) is 1.85. The zero-order chi connectivity index (χ0) is 13.3. The Kier molecular flexibility index (Phi) is 3.05. The minimum absolute atomic E-state index is 0.0364. The number of anilines is 1. The van der Waals surface area contributed by atoms with Crippen molar-refractivity contribution in [2.75, 3.05) is 19.0 Å². The van der Waals surface area contributed by atoms with Gasteiger partial charge in [0.2, 0.25) is 5.88 Å². The van der Waals surface area contributed by atoms with Crippen LogP contribution in [0.25, 0.3) is 5.88 Å². The van der Waals surface area contributed by atoms with Gasteiger partial charge in [0.1, 0.15) is 18.6 Å². The Morgan fingerprint density at radius 2 is 2.39 bits per heavy atom. The van der Waals surface area contributed by atoms with Crippen LogP contribution in [-0.2, 0) is 4.74 Å². The number of aliphatic hydroxyl groups is 2. The monoisotopic (exact) mass is 257 g/mol. The van der Waals surface area contributed by atoms with Crippen molar-refractivity contribution >= 4 is 11.7 Å². The standard InChI is InChI=1S/C10H12FN3O4/c11-4-10(5-15)6(16)3-8(18-10)14-2-1-7(12)13-9(14)17/h1-3,6,15-16H,4-5H2,(H2,12,13,17)/t6-,10+/m0/s1. The van der Waals surface area contributed by atoms with E-state index in [9.17, 15) is 14.3 Å². The molecule has 0 unspecified atom stereocenters. The highest BCUT2D eigenvalue weighted by atomic mass is 19.1. The number of aliphatic hydroxyl groups excluding tert-OH is 2. The molecule has 4 N–H and O–H groups in total. The quantitative estimate of drug-likeness (QED) is 0.621. The fourth-order valence-corrected chi connectivity index (χ4v) is 1.58.